The zero-order valence-electron chi connectivity index (χ0n) is 15.7. The lowest BCUT2D eigenvalue weighted by Gasteiger charge is -2.15. The molecule has 154 valence electrons. The van der Waals surface area contributed by atoms with E-state index in [0.717, 1.165) is 5.56 Å². The van der Waals surface area contributed by atoms with Gasteiger partial charge < -0.3 is 25.0 Å². The number of anilines is 4. The number of rotatable bonds is 5. The number of halogens is 3. The third-order valence-corrected chi connectivity index (χ3v) is 4.40. The number of aromatic nitrogens is 2. The van der Waals surface area contributed by atoms with Gasteiger partial charge in [0.1, 0.15) is 5.82 Å². The minimum atomic E-state index is -4.81. The molecule has 11 heteroatoms. The summed E-state index contributed by atoms with van der Waals surface area (Å²) < 4.78 is 47.2. The molecule has 0 atom stereocenters. The number of nitrogens with zero attached hydrogens (tertiary/aromatic N) is 2. The van der Waals surface area contributed by atoms with Gasteiger partial charge in [0.2, 0.25) is 5.95 Å². The zero-order chi connectivity index (χ0) is 21.3. The number of hydrogen-bond donors (Lipinski definition) is 3. The van der Waals surface area contributed by atoms with Crippen LogP contribution in [0.4, 0.5) is 36.3 Å². The van der Waals surface area contributed by atoms with Crippen molar-refractivity contribution >= 4 is 35.7 Å². The standard InChI is InChI=1S/C19H16BF3N4O3/c1-11-9-24-18(25-13-6-7-14-12(8-13)10-29-20(14)28)27-17(11)26-15-4-2-3-5-16(15)30-19(21,22)23/h2-9,28H,10H2,1H3,(H2,24,25,26,27). The van der Waals surface area contributed by atoms with Gasteiger partial charge in [0, 0.05) is 17.4 Å². The van der Waals surface area contributed by atoms with Gasteiger partial charge >= 0.3 is 13.5 Å². The average Bonchev–Trinajstić information content (AvgIpc) is 3.05. The Kier molecular flexibility index (Phi) is 5.23. The highest BCUT2D eigenvalue weighted by Crippen LogP contribution is 2.32. The molecule has 3 N–H and O–H groups in total. The van der Waals surface area contributed by atoms with E-state index in [2.05, 4.69) is 25.3 Å². The molecule has 0 amide bonds. The van der Waals surface area contributed by atoms with Crippen LogP contribution in [-0.4, -0.2) is 28.5 Å². The first kappa shape index (κ1) is 20.0. The van der Waals surface area contributed by atoms with Gasteiger partial charge in [-0.3, -0.25) is 0 Å². The summed E-state index contributed by atoms with van der Waals surface area (Å²) in [4.78, 5) is 8.57. The molecule has 0 saturated heterocycles. The summed E-state index contributed by atoms with van der Waals surface area (Å²) >= 11 is 0. The molecular formula is C19H16BF3N4O3. The van der Waals surface area contributed by atoms with Crippen LogP contribution in [0, 0.1) is 6.92 Å². The monoisotopic (exact) mass is 416 g/mol. The van der Waals surface area contributed by atoms with E-state index in [9.17, 15) is 18.2 Å². The van der Waals surface area contributed by atoms with Crippen molar-refractivity contribution in [2.75, 3.05) is 10.6 Å². The molecule has 3 aromatic rings. The second kappa shape index (κ2) is 7.84. The molecule has 7 nitrogen and oxygen atoms in total. The minimum absolute atomic E-state index is 0.117. The van der Waals surface area contributed by atoms with Crippen LogP contribution in [0.2, 0.25) is 0 Å². The highest BCUT2D eigenvalue weighted by Gasteiger charge is 2.32. The molecule has 0 unspecified atom stereocenters. The fourth-order valence-corrected chi connectivity index (χ4v) is 2.98. The SMILES string of the molecule is Cc1cnc(Nc2ccc3c(c2)COB3O)nc1Nc1ccccc1OC(F)(F)F. The van der Waals surface area contributed by atoms with E-state index in [4.69, 9.17) is 4.65 Å². The van der Waals surface area contributed by atoms with Gasteiger partial charge in [0.05, 0.1) is 12.3 Å². The van der Waals surface area contributed by atoms with E-state index >= 15 is 0 Å². The number of ether oxygens (including phenoxy) is 1. The number of benzene rings is 2. The lowest BCUT2D eigenvalue weighted by Crippen LogP contribution is -2.27. The first-order valence-electron chi connectivity index (χ1n) is 8.93. The van der Waals surface area contributed by atoms with Crippen molar-refractivity contribution in [3.05, 3.63) is 59.8 Å². The Balaban J connectivity index is 1.56. The maximum absolute atomic E-state index is 12.7. The van der Waals surface area contributed by atoms with Gasteiger partial charge in [-0.1, -0.05) is 18.2 Å². The van der Waals surface area contributed by atoms with Crippen molar-refractivity contribution in [2.24, 2.45) is 0 Å². The van der Waals surface area contributed by atoms with E-state index in [1.807, 2.05) is 6.07 Å². The van der Waals surface area contributed by atoms with Crippen LogP contribution in [0.3, 0.4) is 0 Å². The number of para-hydroxylation sites is 2. The summed E-state index contributed by atoms with van der Waals surface area (Å²) in [7, 11) is -0.931. The van der Waals surface area contributed by atoms with Crippen molar-refractivity contribution in [3.8, 4) is 5.75 Å². The van der Waals surface area contributed by atoms with Crippen molar-refractivity contribution in [3.63, 3.8) is 0 Å². The molecule has 2 aromatic carbocycles. The number of fused-ring (bicyclic) bond motifs is 1. The fourth-order valence-electron chi connectivity index (χ4n) is 2.98. The van der Waals surface area contributed by atoms with E-state index in [1.54, 1.807) is 31.3 Å². The molecule has 0 aliphatic carbocycles. The maximum Gasteiger partial charge on any atom is 0.573 e. The second-order valence-corrected chi connectivity index (χ2v) is 6.60. The van der Waals surface area contributed by atoms with Crippen LogP contribution in [0.5, 0.6) is 5.75 Å². The molecule has 0 radical (unpaired) electrons. The first-order valence-corrected chi connectivity index (χ1v) is 8.93. The molecule has 4 rings (SSSR count). The summed E-state index contributed by atoms with van der Waals surface area (Å²) in [5.41, 5.74) is 2.98. The quantitative estimate of drug-likeness (QED) is 0.550. The number of nitrogens with one attached hydrogen (secondary N) is 2. The van der Waals surface area contributed by atoms with Gasteiger partial charge in [-0.15, -0.1) is 13.2 Å². The normalized spacial score (nSPS) is 13.2. The van der Waals surface area contributed by atoms with Crippen LogP contribution in [-0.2, 0) is 11.3 Å². The van der Waals surface area contributed by atoms with Crippen LogP contribution in [0.1, 0.15) is 11.1 Å². The van der Waals surface area contributed by atoms with Crippen molar-refractivity contribution in [1.29, 1.82) is 0 Å². The smallest absolute Gasteiger partial charge is 0.423 e. The Morgan fingerprint density at radius 2 is 1.97 bits per heavy atom. The topological polar surface area (TPSA) is 88.5 Å². The molecule has 0 saturated carbocycles. The molecule has 2 heterocycles. The largest absolute Gasteiger partial charge is 0.573 e. The Morgan fingerprint density at radius 3 is 2.77 bits per heavy atom. The average molecular weight is 416 g/mol. The highest BCUT2D eigenvalue weighted by atomic mass is 19.4. The number of alkyl halides is 3. The van der Waals surface area contributed by atoms with E-state index in [1.165, 1.54) is 18.2 Å². The summed E-state index contributed by atoms with van der Waals surface area (Å²) in [6, 6.07) is 11.0. The minimum Gasteiger partial charge on any atom is -0.423 e. The van der Waals surface area contributed by atoms with Gasteiger partial charge in [-0.25, -0.2) is 4.98 Å². The van der Waals surface area contributed by atoms with Crippen LogP contribution >= 0.6 is 0 Å². The second-order valence-electron chi connectivity index (χ2n) is 6.60. The summed E-state index contributed by atoms with van der Waals surface area (Å²) in [5, 5.41) is 15.6. The zero-order valence-corrected chi connectivity index (χ0v) is 15.7. The maximum atomic E-state index is 12.7. The molecule has 0 bridgehead atoms. The lowest BCUT2D eigenvalue weighted by molar-refractivity contribution is -0.274. The highest BCUT2D eigenvalue weighted by molar-refractivity contribution is 6.61. The van der Waals surface area contributed by atoms with Crippen molar-refractivity contribution in [2.45, 2.75) is 19.9 Å². The van der Waals surface area contributed by atoms with Crippen LogP contribution in [0.15, 0.2) is 48.7 Å². The molecule has 1 aliphatic rings. The predicted molar refractivity (Wildman–Crippen MR) is 105 cm³/mol. The Hall–Kier alpha value is -3.31. The van der Waals surface area contributed by atoms with Crippen LogP contribution < -0.4 is 20.8 Å². The predicted octanol–water partition coefficient (Wildman–Crippen LogP) is 3.39. The third-order valence-electron chi connectivity index (χ3n) is 4.40. The van der Waals surface area contributed by atoms with Gasteiger partial charge in [-0.2, -0.15) is 4.98 Å². The summed E-state index contributed by atoms with van der Waals surface area (Å²) in [5.74, 6) is 0.206. The third kappa shape index (κ3) is 4.47. The first-order chi connectivity index (χ1) is 14.3. The fraction of sp³-hybridized carbons (Fsp3) is 0.158. The number of hydrogen-bond acceptors (Lipinski definition) is 7. The van der Waals surface area contributed by atoms with Crippen molar-refractivity contribution < 1.29 is 27.6 Å². The molecule has 0 spiro atoms. The summed E-state index contributed by atoms with van der Waals surface area (Å²) in [6.07, 6.45) is -3.26. The number of aryl methyl sites for hydroxylation is 1. The Labute approximate surface area is 170 Å². The Morgan fingerprint density at radius 1 is 1.17 bits per heavy atom. The molecule has 30 heavy (non-hydrogen) atoms. The molecule has 1 aliphatic heterocycles. The van der Waals surface area contributed by atoms with Crippen molar-refractivity contribution in [1.82, 2.24) is 9.97 Å². The molecule has 1 aromatic heterocycles. The van der Waals surface area contributed by atoms with Crippen LogP contribution in [0.25, 0.3) is 0 Å². The van der Waals surface area contributed by atoms with E-state index < -0.39 is 13.5 Å². The van der Waals surface area contributed by atoms with Gasteiger partial charge in [-0.05, 0) is 42.2 Å². The van der Waals surface area contributed by atoms with E-state index in [-0.39, 0.29) is 17.4 Å². The lowest BCUT2D eigenvalue weighted by atomic mass is 9.79. The molecular weight excluding hydrogens is 400 g/mol. The van der Waals surface area contributed by atoms with Gasteiger partial charge in [0.15, 0.2) is 5.75 Å². The van der Waals surface area contributed by atoms with Gasteiger partial charge in [0.25, 0.3) is 0 Å². The Bertz CT molecular complexity index is 1080. The molecule has 0 fully saturated rings. The summed E-state index contributed by atoms with van der Waals surface area (Å²) in [6.45, 7) is 2.02. The van der Waals surface area contributed by atoms with E-state index in [0.29, 0.717) is 29.1 Å².